The van der Waals surface area contributed by atoms with Crippen LogP contribution in [0.3, 0.4) is 0 Å². The monoisotopic (exact) mass is 244 g/mol. The highest BCUT2D eigenvalue weighted by atomic mass is 16.5. The van der Waals surface area contributed by atoms with E-state index in [4.69, 9.17) is 9.84 Å². The Morgan fingerprint density at radius 2 is 1.89 bits per heavy atom. The molecule has 3 nitrogen and oxygen atoms in total. The summed E-state index contributed by atoms with van der Waals surface area (Å²) in [6, 6.07) is 11.5. The van der Waals surface area contributed by atoms with E-state index in [1.54, 1.807) is 7.11 Å². The van der Waals surface area contributed by atoms with Gasteiger partial charge in [0, 0.05) is 0 Å². The lowest BCUT2D eigenvalue weighted by Gasteiger charge is -2.11. The second kappa shape index (κ2) is 5.08. The van der Waals surface area contributed by atoms with Crippen LogP contribution in [0.15, 0.2) is 36.4 Å². The molecule has 0 amide bonds. The number of hydrogen-bond acceptors (Lipinski definition) is 2. The number of ether oxygens (including phenoxy) is 1. The molecule has 2 aromatic carbocycles. The molecular formula is C15H16O3. The summed E-state index contributed by atoms with van der Waals surface area (Å²) in [4.78, 5) is 11.1. The molecule has 1 atom stereocenters. The van der Waals surface area contributed by atoms with Gasteiger partial charge in [-0.25, -0.2) is 0 Å². The van der Waals surface area contributed by atoms with Crippen LogP contribution in [0.4, 0.5) is 0 Å². The molecular weight excluding hydrogens is 228 g/mol. The first-order chi connectivity index (χ1) is 8.65. The fraction of sp³-hybridized carbons (Fsp3) is 0.267. The van der Waals surface area contributed by atoms with Gasteiger partial charge >= 0.3 is 5.97 Å². The first-order valence-electron chi connectivity index (χ1n) is 5.96. The van der Waals surface area contributed by atoms with Gasteiger partial charge in [0.25, 0.3) is 0 Å². The highest BCUT2D eigenvalue weighted by molar-refractivity contribution is 5.86. The fourth-order valence-corrected chi connectivity index (χ4v) is 2.14. The molecule has 0 aliphatic heterocycles. The summed E-state index contributed by atoms with van der Waals surface area (Å²) < 4.78 is 5.17. The highest BCUT2D eigenvalue weighted by Crippen LogP contribution is 2.26. The second-order valence-corrected chi connectivity index (χ2v) is 4.27. The molecule has 0 saturated carbocycles. The number of carboxylic acids is 1. The molecule has 0 bridgehead atoms. The molecule has 0 radical (unpaired) electrons. The number of carboxylic acid groups (broad SMARTS) is 1. The Morgan fingerprint density at radius 1 is 1.22 bits per heavy atom. The van der Waals surface area contributed by atoms with Crippen LogP contribution < -0.4 is 4.74 Å². The van der Waals surface area contributed by atoms with Crippen LogP contribution in [-0.2, 0) is 4.79 Å². The average Bonchev–Trinajstić information content (AvgIpc) is 2.38. The predicted molar refractivity (Wildman–Crippen MR) is 71.2 cm³/mol. The van der Waals surface area contributed by atoms with Crippen molar-refractivity contribution in [2.75, 3.05) is 7.11 Å². The number of carbonyl (C=O) groups is 1. The Balaban J connectivity index is 2.47. The summed E-state index contributed by atoms with van der Waals surface area (Å²) in [5.74, 6) is -0.401. The molecule has 1 unspecified atom stereocenters. The van der Waals surface area contributed by atoms with Gasteiger partial charge in [-0.3, -0.25) is 4.79 Å². The zero-order chi connectivity index (χ0) is 13.1. The van der Waals surface area contributed by atoms with E-state index in [-0.39, 0.29) is 0 Å². The molecule has 2 aromatic rings. The van der Waals surface area contributed by atoms with Crippen LogP contribution in [0, 0.1) is 0 Å². The van der Waals surface area contributed by atoms with Crippen molar-refractivity contribution in [1.82, 2.24) is 0 Å². The van der Waals surface area contributed by atoms with Crippen molar-refractivity contribution in [3.63, 3.8) is 0 Å². The van der Waals surface area contributed by atoms with Gasteiger partial charge in [0.2, 0.25) is 0 Å². The van der Waals surface area contributed by atoms with Gasteiger partial charge in [0.15, 0.2) is 0 Å². The first kappa shape index (κ1) is 12.4. The van der Waals surface area contributed by atoms with Gasteiger partial charge in [-0.1, -0.05) is 31.2 Å². The maximum absolute atomic E-state index is 11.1. The molecule has 0 aromatic heterocycles. The van der Waals surface area contributed by atoms with Crippen LogP contribution >= 0.6 is 0 Å². The SMILES string of the molecule is CCC(C(=O)O)c1ccc2cc(OC)ccc2c1. The van der Waals surface area contributed by atoms with Gasteiger partial charge < -0.3 is 9.84 Å². The lowest BCUT2D eigenvalue weighted by Crippen LogP contribution is -2.10. The molecule has 94 valence electrons. The summed E-state index contributed by atoms with van der Waals surface area (Å²) in [6.07, 6.45) is 0.594. The summed E-state index contributed by atoms with van der Waals surface area (Å²) in [7, 11) is 1.63. The van der Waals surface area contributed by atoms with E-state index >= 15 is 0 Å². The zero-order valence-corrected chi connectivity index (χ0v) is 10.5. The molecule has 0 spiro atoms. The van der Waals surface area contributed by atoms with Gasteiger partial charge in [-0.15, -0.1) is 0 Å². The molecule has 0 saturated heterocycles. The van der Waals surface area contributed by atoms with Crippen LogP contribution in [0.5, 0.6) is 5.75 Å². The fourth-order valence-electron chi connectivity index (χ4n) is 2.14. The van der Waals surface area contributed by atoms with E-state index in [9.17, 15) is 4.79 Å². The smallest absolute Gasteiger partial charge is 0.310 e. The number of methoxy groups -OCH3 is 1. The van der Waals surface area contributed by atoms with Crippen molar-refractivity contribution in [2.24, 2.45) is 0 Å². The van der Waals surface area contributed by atoms with E-state index in [0.29, 0.717) is 6.42 Å². The first-order valence-corrected chi connectivity index (χ1v) is 5.96. The van der Waals surface area contributed by atoms with Crippen molar-refractivity contribution >= 4 is 16.7 Å². The van der Waals surface area contributed by atoms with Crippen molar-refractivity contribution < 1.29 is 14.6 Å². The topological polar surface area (TPSA) is 46.5 Å². The average molecular weight is 244 g/mol. The zero-order valence-electron chi connectivity index (χ0n) is 10.5. The molecule has 0 heterocycles. The van der Waals surface area contributed by atoms with E-state index in [1.165, 1.54) is 0 Å². The van der Waals surface area contributed by atoms with Crippen LogP contribution in [0.2, 0.25) is 0 Å². The molecule has 18 heavy (non-hydrogen) atoms. The number of hydrogen-bond donors (Lipinski definition) is 1. The largest absolute Gasteiger partial charge is 0.497 e. The number of benzene rings is 2. The minimum absolute atomic E-state index is 0.434. The van der Waals surface area contributed by atoms with Crippen molar-refractivity contribution in [3.05, 3.63) is 42.0 Å². The Hall–Kier alpha value is -2.03. The van der Waals surface area contributed by atoms with Gasteiger partial charge in [0.1, 0.15) is 5.75 Å². The van der Waals surface area contributed by atoms with Crippen LogP contribution in [0.25, 0.3) is 10.8 Å². The number of rotatable bonds is 4. The third-order valence-electron chi connectivity index (χ3n) is 3.18. The van der Waals surface area contributed by atoms with Crippen molar-refractivity contribution in [3.8, 4) is 5.75 Å². The normalized spacial score (nSPS) is 12.3. The minimum atomic E-state index is -0.773. The maximum Gasteiger partial charge on any atom is 0.310 e. The van der Waals surface area contributed by atoms with Crippen LogP contribution in [0.1, 0.15) is 24.8 Å². The van der Waals surface area contributed by atoms with Gasteiger partial charge in [-0.05, 0) is 34.9 Å². The van der Waals surface area contributed by atoms with Crippen molar-refractivity contribution in [2.45, 2.75) is 19.3 Å². The lowest BCUT2D eigenvalue weighted by atomic mass is 9.94. The molecule has 0 aliphatic rings. The Morgan fingerprint density at radius 3 is 2.50 bits per heavy atom. The number of aliphatic carboxylic acids is 1. The summed E-state index contributed by atoms with van der Waals surface area (Å²) >= 11 is 0. The van der Waals surface area contributed by atoms with E-state index in [0.717, 1.165) is 22.1 Å². The molecule has 0 fully saturated rings. The second-order valence-electron chi connectivity index (χ2n) is 4.27. The number of fused-ring (bicyclic) bond motifs is 1. The minimum Gasteiger partial charge on any atom is -0.497 e. The van der Waals surface area contributed by atoms with E-state index in [2.05, 4.69) is 0 Å². The third kappa shape index (κ3) is 2.30. The third-order valence-corrected chi connectivity index (χ3v) is 3.18. The van der Waals surface area contributed by atoms with E-state index < -0.39 is 11.9 Å². The molecule has 0 aliphatic carbocycles. The molecule has 3 heteroatoms. The lowest BCUT2D eigenvalue weighted by molar-refractivity contribution is -0.138. The standard InChI is InChI=1S/C15H16O3/c1-3-14(15(16)17)12-5-4-11-9-13(18-2)7-6-10(11)8-12/h4-9,14H,3H2,1-2H3,(H,16,17). The Labute approximate surface area is 106 Å². The van der Waals surface area contributed by atoms with Gasteiger partial charge in [0.05, 0.1) is 13.0 Å². The van der Waals surface area contributed by atoms with Crippen LogP contribution in [-0.4, -0.2) is 18.2 Å². The maximum atomic E-state index is 11.1. The highest BCUT2D eigenvalue weighted by Gasteiger charge is 2.17. The van der Waals surface area contributed by atoms with Crippen molar-refractivity contribution in [1.29, 1.82) is 0 Å². The Kier molecular flexibility index (Phi) is 3.51. The molecule has 2 rings (SSSR count). The molecule has 1 N–H and O–H groups in total. The Bertz CT molecular complexity index is 575. The van der Waals surface area contributed by atoms with E-state index in [1.807, 2.05) is 43.3 Å². The summed E-state index contributed by atoms with van der Waals surface area (Å²) in [5, 5.41) is 11.3. The summed E-state index contributed by atoms with van der Waals surface area (Å²) in [5.41, 5.74) is 0.850. The van der Waals surface area contributed by atoms with Gasteiger partial charge in [-0.2, -0.15) is 0 Å². The predicted octanol–water partition coefficient (Wildman–Crippen LogP) is 3.43. The summed E-state index contributed by atoms with van der Waals surface area (Å²) in [6.45, 7) is 1.89. The quantitative estimate of drug-likeness (QED) is 0.896.